The number of benzene rings is 1. The van der Waals surface area contributed by atoms with Crippen LogP contribution >= 0.6 is 0 Å². The topological polar surface area (TPSA) is 53.1 Å². The van der Waals surface area contributed by atoms with Gasteiger partial charge in [-0.15, -0.1) is 0 Å². The van der Waals surface area contributed by atoms with Crippen molar-refractivity contribution in [1.29, 1.82) is 0 Å². The third kappa shape index (κ3) is 5.60. The molecule has 6 heteroatoms. The molecule has 0 aliphatic carbocycles. The van der Waals surface area contributed by atoms with E-state index in [4.69, 9.17) is 4.74 Å². The van der Waals surface area contributed by atoms with Crippen molar-refractivity contribution in [3.8, 4) is 5.75 Å². The lowest BCUT2D eigenvalue weighted by Gasteiger charge is -2.37. The van der Waals surface area contributed by atoms with E-state index in [-0.39, 0.29) is 11.8 Å². The van der Waals surface area contributed by atoms with Crippen molar-refractivity contribution in [2.24, 2.45) is 0 Å². The highest BCUT2D eigenvalue weighted by Gasteiger charge is 2.26. The lowest BCUT2D eigenvalue weighted by Crippen LogP contribution is -2.52. The van der Waals surface area contributed by atoms with E-state index in [2.05, 4.69) is 11.8 Å². The van der Waals surface area contributed by atoms with Crippen LogP contribution in [0.25, 0.3) is 6.08 Å². The van der Waals surface area contributed by atoms with Gasteiger partial charge in [0.25, 0.3) is 0 Å². The lowest BCUT2D eigenvalue weighted by molar-refractivity contribution is -0.136. The standard InChI is InChI=1S/C23H33N3O3/c1-18-7-9-21(29-3)20(16-18)8-10-22(27)25-14-12-24(13-15-25)17-23(28)26-11-5-4-6-19(26)2/h7-10,16,19H,4-6,11-15,17H2,1-3H3/b10-8+. The van der Waals surface area contributed by atoms with Crippen LogP contribution in [0.5, 0.6) is 5.75 Å². The molecule has 2 saturated heterocycles. The molecule has 2 heterocycles. The summed E-state index contributed by atoms with van der Waals surface area (Å²) >= 11 is 0. The quantitative estimate of drug-likeness (QED) is 0.714. The Morgan fingerprint density at radius 3 is 2.59 bits per heavy atom. The number of carbonyl (C=O) groups excluding carboxylic acids is 2. The van der Waals surface area contributed by atoms with Gasteiger partial charge in [-0.1, -0.05) is 11.6 Å². The van der Waals surface area contributed by atoms with Crippen molar-refractivity contribution in [3.63, 3.8) is 0 Å². The number of likely N-dealkylation sites (tertiary alicyclic amines) is 1. The Labute approximate surface area is 174 Å². The van der Waals surface area contributed by atoms with Crippen molar-refractivity contribution in [2.45, 2.75) is 39.2 Å². The Kier molecular flexibility index (Phi) is 7.31. The maximum absolute atomic E-state index is 12.6. The maximum atomic E-state index is 12.6. The molecule has 1 atom stereocenters. The third-order valence-corrected chi connectivity index (χ3v) is 5.96. The highest BCUT2D eigenvalue weighted by molar-refractivity contribution is 5.92. The molecule has 0 N–H and O–H groups in total. The molecule has 2 fully saturated rings. The van der Waals surface area contributed by atoms with Crippen LogP contribution in [0.1, 0.15) is 37.3 Å². The van der Waals surface area contributed by atoms with Gasteiger partial charge in [0.05, 0.1) is 13.7 Å². The second-order valence-electron chi connectivity index (χ2n) is 8.11. The fraction of sp³-hybridized carbons (Fsp3) is 0.565. The number of hydrogen-bond donors (Lipinski definition) is 0. The molecular formula is C23H33N3O3. The van der Waals surface area contributed by atoms with Gasteiger partial charge in [-0.25, -0.2) is 0 Å². The summed E-state index contributed by atoms with van der Waals surface area (Å²) < 4.78 is 5.37. The van der Waals surface area contributed by atoms with E-state index >= 15 is 0 Å². The molecule has 29 heavy (non-hydrogen) atoms. The molecule has 0 bridgehead atoms. The first-order valence-electron chi connectivity index (χ1n) is 10.6. The van der Waals surface area contributed by atoms with Crippen LogP contribution in [0.15, 0.2) is 24.3 Å². The number of carbonyl (C=O) groups is 2. The van der Waals surface area contributed by atoms with Gasteiger partial charge in [0.15, 0.2) is 0 Å². The molecule has 1 aromatic carbocycles. The van der Waals surface area contributed by atoms with Crippen LogP contribution in [0.4, 0.5) is 0 Å². The van der Waals surface area contributed by atoms with Crippen LogP contribution in [-0.2, 0) is 9.59 Å². The Hall–Kier alpha value is -2.34. The minimum atomic E-state index is 0.00388. The van der Waals surface area contributed by atoms with Crippen LogP contribution in [0.3, 0.4) is 0 Å². The van der Waals surface area contributed by atoms with Gasteiger partial charge in [0.1, 0.15) is 5.75 Å². The summed E-state index contributed by atoms with van der Waals surface area (Å²) in [5.41, 5.74) is 2.03. The number of amides is 2. The number of ether oxygens (including phenoxy) is 1. The van der Waals surface area contributed by atoms with Gasteiger partial charge >= 0.3 is 0 Å². The van der Waals surface area contributed by atoms with E-state index in [1.54, 1.807) is 13.2 Å². The zero-order valence-corrected chi connectivity index (χ0v) is 17.9. The average Bonchev–Trinajstić information content (AvgIpc) is 2.73. The first-order valence-corrected chi connectivity index (χ1v) is 10.6. The van der Waals surface area contributed by atoms with E-state index < -0.39 is 0 Å². The lowest BCUT2D eigenvalue weighted by atomic mass is 10.0. The summed E-state index contributed by atoms with van der Waals surface area (Å²) in [6.45, 7) is 8.28. The average molecular weight is 400 g/mol. The van der Waals surface area contributed by atoms with Crippen LogP contribution in [-0.4, -0.2) is 78.9 Å². The minimum absolute atomic E-state index is 0.00388. The van der Waals surface area contributed by atoms with Gasteiger partial charge in [0.2, 0.25) is 11.8 Å². The molecule has 0 aromatic heterocycles. The zero-order chi connectivity index (χ0) is 20.8. The van der Waals surface area contributed by atoms with Crippen molar-refractivity contribution < 1.29 is 14.3 Å². The van der Waals surface area contributed by atoms with Crippen LogP contribution in [0, 0.1) is 6.92 Å². The van der Waals surface area contributed by atoms with Crippen molar-refractivity contribution in [2.75, 3.05) is 46.4 Å². The Morgan fingerprint density at radius 2 is 1.90 bits per heavy atom. The molecule has 1 aromatic rings. The first kappa shape index (κ1) is 21.4. The number of hydrogen-bond acceptors (Lipinski definition) is 4. The van der Waals surface area contributed by atoms with E-state index in [0.717, 1.165) is 49.4 Å². The summed E-state index contributed by atoms with van der Waals surface area (Å²) in [7, 11) is 1.63. The van der Waals surface area contributed by atoms with Gasteiger partial charge in [0, 0.05) is 50.4 Å². The fourth-order valence-electron chi connectivity index (χ4n) is 4.13. The monoisotopic (exact) mass is 399 g/mol. The molecule has 2 aliphatic rings. The number of rotatable bonds is 5. The molecule has 3 rings (SSSR count). The van der Waals surface area contributed by atoms with E-state index in [9.17, 15) is 9.59 Å². The van der Waals surface area contributed by atoms with Gasteiger partial charge < -0.3 is 14.5 Å². The van der Waals surface area contributed by atoms with Crippen LogP contribution in [0.2, 0.25) is 0 Å². The number of aryl methyl sites for hydroxylation is 1. The molecule has 6 nitrogen and oxygen atoms in total. The van der Waals surface area contributed by atoms with Crippen molar-refractivity contribution >= 4 is 17.9 Å². The van der Waals surface area contributed by atoms with E-state index in [0.29, 0.717) is 25.7 Å². The summed E-state index contributed by atoms with van der Waals surface area (Å²) in [5.74, 6) is 0.988. The van der Waals surface area contributed by atoms with Gasteiger partial charge in [-0.3, -0.25) is 14.5 Å². The number of piperazine rings is 1. The maximum Gasteiger partial charge on any atom is 0.246 e. The molecule has 2 amide bonds. The predicted octanol–water partition coefficient (Wildman–Crippen LogP) is 2.56. The molecule has 0 radical (unpaired) electrons. The first-order chi connectivity index (χ1) is 14.0. The zero-order valence-electron chi connectivity index (χ0n) is 17.9. The van der Waals surface area contributed by atoms with Crippen LogP contribution < -0.4 is 4.74 Å². The van der Waals surface area contributed by atoms with Gasteiger partial charge in [-0.2, -0.15) is 0 Å². The number of piperidine rings is 1. The third-order valence-electron chi connectivity index (χ3n) is 5.96. The summed E-state index contributed by atoms with van der Waals surface area (Å²) in [6.07, 6.45) is 6.87. The van der Waals surface area contributed by atoms with E-state index in [1.807, 2.05) is 41.0 Å². The molecule has 1 unspecified atom stereocenters. The highest BCUT2D eigenvalue weighted by atomic mass is 16.5. The molecule has 2 aliphatic heterocycles. The summed E-state index contributed by atoms with van der Waals surface area (Å²) in [4.78, 5) is 31.2. The predicted molar refractivity (Wildman–Crippen MR) is 115 cm³/mol. The summed E-state index contributed by atoms with van der Waals surface area (Å²) in [5, 5.41) is 0. The molecular weight excluding hydrogens is 366 g/mol. The largest absolute Gasteiger partial charge is 0.496 e. The Bertz CT molecular complexity index is 754. The Balaban J connectivity index is 1.49. The number of nitrogens with zero attached hydrogens (tertiary/aromatic N) is 3. The molecule has 0 saturated carbocycles. The van der Waals surface area contributed by atoms with Crippen molar-refractivity contribution in [1.82, 2.24) is 14.7 Å². The minimum Gasteiger partial charge on any atom is -0.496 e. The molecule has 0 spiro atoms. The van der Waals surface area contributed by atoms with Gasteiger partial charge in [-0.05, 0) is 51.3 Å². The SMILES string of the molecule is COc1ccc(C)cc1/C=C/C(=O)N1CCN(CC(=O)N2CCCCC2C)CC1. The number of methoxy groups -OCH3 is 1. The highest BCUT2D eigenvalue weighted by Crippen LogP contribution is 2.21. The summed E-state index contributed by atoms with van der Waals surface area (Å²) in [6, 6.07) is 6.26. The smallest absolute Gasteiger partial charge is 0.246 e. The normalized spacial score (nSPS) is 20.9. The second-order valence-corrected chi connectivity index (χ2v) is 8.11. The van der Waals surface area contributed by atoms with Crippen molar-refractivity contribution in [3.05, 3.63) is 35.4 Å². The Morgan fingerprint density at radius 1 is 1.14 bits per heavy atom. The van der Waals surface area contributed by atoms with E-state index in [1.165, 1.54) is 6.42 Å². The second kappa shape index (κ2) is 9.92. The molecule has 158 valence electrons. The fourth-order valence-corrected chi connectivity index (χ4v) is 4.13.